The third kappa shape index (κ3) is 5.03. The van der Waals surface area contributed by atoms with Crippen LogP contribution in [0.4, 0.5) is 17.6 Å². The van der Waals surface area contributed by atoms with Crippen molar-refractivity contribution < 1.29 is 31.8 Å². The molecule has 8 heteroatoms. The molecule has 2 aromatic rings. The molecule has 32 heavy (non-hydrogen) atoms. The van der Waals surface area contributed by atoms with Gasteiger partial charge in [0.1, 0.15) is 19.0 Å². The Balaban J connectivity index is 2.15. The van der Waals surface area contributed by atoms with Crippen molar-refractivity contribution in [1.82, 2.24) is 0 Å². The average molecular weight is 473 g/mol. The highest BCUT2D eigenvalue weighted by atomic mass is 35.5. The van der Waals surface area contributed by atoms with Crippen molar-refractivity contribution in [1.29, 1.82) is 0 Å². The van der Waals surface area contributed by atoms with Gasteiger partial charge in [-0.05, 0) is 55.2 Å². The fourth-order valence-electron chi connectivity index (χ4n) is 4.25. The maximum atomic E-state index is 13.0. The Bertz CT molecular complexity index is 935. The van der Waals surface area contributed by atoms with E-state index < -0.39 is 23.8 Å². The predicted octanol–water partition coefficient (Wildman–Crippen LogP) is 7.14. The highest BCUT2D eigenvalue weighted by Gasteiger charge is 2.43. The van der Waals surface area contributed by atoms with Crippen molar-refractivity contribution in [2.75, 3.05) is 19.9 Å². The van der Waals surface area contributed by atoms with Crippen molar-refractivity contribution in [2.45, 2.75) is 50.6 Å². The molecule has 0 spiro atoms. The van der Waals surface area contributed by atoms with Gasteiger partial charge in [0.2, 0.25) is 0 Å². The van der Waals surface area contributed by atoms with Crippen LogP contribution < -0.4 is 4.74 Å². The summed E-state index contributed by atoms with van der Waals surface area (Å²) in [4.78, 5) is 13.0. The van der Waals surface area contributed by atoms with Crippen LogP contribution in [0.1, 0.15) is 50.2 Å². The zero-order chi connectivity index (χ0) is 23.4. The number of ether oxygens (including phenoxy) is 2. The van der Waals surface area contributed by atoms with Gasteiger partial charge in [-0.2, -0.15) is 13.2 Å². The van der Waals surface area contributed by atoms with Crippen LogP contribution in [-0.4, -0.2) is 25.9 Å². The standard InChI is InChI=1S/C24H25ClF4O3/c1-2-31-22(30)23(10-4-3-5-11-23)18-14-19(21(20(25)15-18)32-13-12-26)16-6-8-17(9-7-16)24(27,28)29/h6-9,14-15H,2-5,10-13H2,1H3. The molecule has 0 saturated heterocycles. The summed E-state index contributed by atoms with van der Waals surface area (Å²) in [7, 11) is 0. The number of rotatable bonds is 7. The second kappa shape index (κ2) is 10.1. The zero-order valence-electron chi connectivity index (χ0n) is 17.7. The van der Waals surface area contributed by atoms with Crippen LogP contribution in [0.3, 0.4) is 0 Å². The first-order chi connectivity index (χ1) is 15.2. The van der Waals surface area contributed by atoms with Crippen LogP contribution in [0.2, 0.25) is 5.02 Å². The Morgan fingerprint density at radius 2 is 1.75 bits per heavy atom. The molecule has 3 rings (SSSR count). The van der Waals surface area contributed by atoms with Gasteiger partial charge >= 0.3 is 12.1 Å². The largest absolute Gasteiger partial charge is 0.489 e. The summed E-state index contributed by atoms with van der Waals surface area (Å²) >= 11 is 6.51. The Hall–Kier alpha value is -2.28. The fraction of sp³-hybridized carbons (Fsp3) is 0.458. The lowest BCUT2D eigenvalue weighted by Crippen LogP contribution is -2.39. The molecular formula is C24H25ClF4O3. The lowest BCUT2D eigenvalue weighted by Gasteiger charge is -2.36. The maximum absolute atomic E-state index is 13.0. The van der Waals surface area contributed by atoms with Crippen LogP contribution >= 0.6 is 11.6 Å². The summed E-state index contributed by atoms with van der Waals surface area (Å²) in [6.07, 6.45) is -0.628. The number of carbonyl (C=O) groups is 1. The molecule has 0 heterocycles. The van der Waals surface area contributed by atoms with Gasteiger partial charge in [0, 0.05) is 5.56 Å². The van der Waals surface area contributed by atoms with E-state index in [1.807, 2.05) is 0 Å². The summed E-state index contributed by atoms with van der Waals surface area (Å²) in [5, 5.41) is 0.167. The topological polar surface area (TPSA) is 35.5 Å². The zero-order valence-corrected chi connectivity index (χ0v) is 18.5. The summed E-state index contributed by atoms with van der Waals surface area (Å²) in [6, 6.07) is 7.92. The molecule has 0 atom stereocenters. The van der Waals surface area contributed by atoms with Crippen LogP contribution in [0.5, 0.6) is 5.75 Å². The summed E-state index contributed by atoms with van der Waals surface area (Å²) < 4.78 is 62.7. The summed E-state index contributed by atoms with van der Waals surface area (Å²) in [6.45, 7) is 0.966. The number of hydrogen-bond donors (Lipinski definition) is 0. The molecule has 174 valence electrons. The smallest absolute Gasteiger partial charge is 0.416 e. The minimum absolute atomic E-state index is 0.167. The van der Waals surface area contributed by atoms with Crippen molar-refractivity contribution >= 4 is 17.6 Å². The Morgan fingerprint density at radius 1 is 1.09 bits per heavy atom. The average Bonchev–Trinajstić information content (AvgIpc) is 2.78. The van der Waals surface area contributed by atoms with Crippen LogP contribution in [0.15, 0.2) is 36.4 Å². The number of benzene rings is 2. The molecule has 0 N–H and O–H groups in total. The number of carbonyl (C=O) groups excluding carboxylic acids is 1. The first-order valence-corrected chi connectivity index (χ1v) is 11.0. The van der Waals surface area contributed by atoms with Gasteiger partial charge in [-0.15, -0.1) is 0 Å². The van der Waals surface area contributed by atoms with E-state index in [1.54, 1.807) is 19.1 Å². The molecule has 0 bridgehead atoms. The second-order valence-corrected chi connectivity index (χ2v) is 8.22. The highest BCUT2D eigenvalue weighted by Crippen LogP contribution is 2.46. The van der Waals surface area contributed by atoms with E-state index >= 15 is 0 Å². The van der Waals surface area contributed by atoms with Gasteiger partial charge in [0.05, 0.1) is 22.6 Å². The summed E-state index contributed by atoms with van der Waals surface area (Å²) in [5.41, 5.74) is -0.223. The molecule has 0 amide bonds. The van der Waals surface area contributed by atoms with Crippen molar-refractivity contribution in [3.05, 3.63) is 52.5 Å². The maximum Gasteiger partial charge on any atom is 0.416 e. The quantitative estimate of drug-likeness (QED) is 0.317. The molecule has 0 aliphatic heterocycles. The van der Waals surface area contributed by atoms with Crippen molar-refractivity contribution in [2.24, 2.45) is 0 Å². The number of halogens is 5. The fourth-order valence-corrected chi connectivity index (χ4v) is 4.52. The Labute approximate surface area is 189 Å². The van der Waals surface area contributed by atoms with Crippen molar-refractivity contribution in [3.8, 4) is 16.9 Å². The molecule has 1 aliphatic carbocycles. The molecule has 0 aromatic heterocycles. The van der Waals surface area contributed by atoms with Gasteiger partial charge in [-0.1, -0.05) is 43.0 Å². The van der Waals surface area contributed by atoms with Crippen LogP contribution in [-0.2, 0) is 21.1 Å². The van der Waals surface area contributed by atoms with Crippen molar-refractivity contribution in [3.63, 3.8) is 0 Å². The normalized spacial score (nSPS) is 15.9. The molecule has 0 radical (unpaired) electrons. The number of esters is 1. The third-order valence-electron chi connectivity index (χ3n) is 5.82. The van der Waals surface area contributed by atoms with E-state index in [9.17, 15) is 22.4 Å². The lowest BCUT2D eigenvalue weighted by molar-refractivity contribution is -0.151. The molecular weight excluding hydrogens is 448 g/mol. The second-order valence-electron chi connectivity index (χ2n) is 7.81. The third-order valence-corrected chi connectivity index (χ3v) is 6.10. The van der Waals surface area contributed by atoms with Gasteiger partial charge in [-0.25, -0.2) is 4.39 Å². The van der Waals surface area contributed by atoms with E-state index in [0.717, 1.165) is 31.4 Å². The van der Waals surface area contributed by atoms with Gasteiger partial charge in [-0.3, -0.25) is 4.79 Å². The van der Waals surface area contributed by atoms with E-state index in [-0.39, 0.29) is 30.0 Å². The number of hydrogen-bond acceptors (Lipinski definition) is 3. The summed E-state index contributed by atoms with van der Waals surface area (Å²) in [5.74, 6) is -0.172. The molecule has 0 unspecified atom stereocenters. The molecule has 1 saturated carbocycles. The number of alkyl halides is 4. The molecule has 1 aliphatic rings. The van der Waals surface area contributed by atoms with E-state index in [2.05, 4.69) is 0 Å². The lowest BCUT2D eigenvalue weighted by atomic mass is 9.69. The first-order valence-electron chi connectivity index (χ1n) is 10.6. The van der Waals surface area contributed by atoms with E-state index in [1.165, 1.54) is 12.1 Å². The van der Waals surface area contributed by atoms with Crippen LogP contribution in [0.25, 0.3) is 11.1 Å². The highest BCUT2D eigenvalue weighted by molar-refractivity contribution is 6.32. The molecule has 2 aromatic carbocycles. The van der Waals surface area contributed by atoms with Gasteiger partial charge in [0.25, 0.3) is 0 Å². The Morgan fingerprint density at radius 3 is 2.31 bits per heavy atom. The van der Waals surface area contributed by atoms with E-state index in [0.29, 0.717) is 29.5 Å². The molecule has 3 nitrogen and oxygen atoms in total. The van der Waals surface area contributed by atoms with Gasteiger partial charge < -0.3 is 9.47 Å². The predicted molar refractivity (Wildman–Crippen MR) is 115 cm³/mol. The minimum atomic E-state index is -4.47. The van der Waals surface area contributed by atoms with Crippen LogP contribution in [0, 0.1) is 0 Å². The minimum Gasteiger partial charge on any atom is -0.489 e. The van der Waals surface area contributed by atoms with Gasteiger partial charge in [0.15, 0.2) is 0 Å². The monoisotopic (exact) mass is 472 g/mol. The first kappa shape index (κ1) is 24.4. The SMILES string of the molecule is CCOC(=O)C1(c2cc(Cl)c(OCCF)c(-c3ccc(C(F)(F)F)cc3)c2)CCCCC1. The Kier molecular flexibility index (Phi) is 7.70. The van der Waals surface area contributed by atoms with E-state index in [4.69, 9.17) is 21.1 Å². The molecule has 1 fully saturated rings.